The topological polar surface area (TPSA) is 29.5 Å². The van der Waals surface area contributed by atoms with Gasteiger partial charge in [0.1, 0.15) is 11.9 Å². The van der Waals surface area contributed by atoms with Gasteiger partial charge in [0.05, 0.1) is 6.61 Å². The molecule has 3 heteroatoms. The monoisotopic (exact) mass is 228 g/mol. The molecule has 0 saturated carbocycles. The summed E-state index contributed by atoms with van der Waals surface area (Å²) < 4.78 is 6.50. The van der Waals surface area contributed by atoms with Gasteiger partial charge >= 0.3 is 0 Å². The molecule has 0 unspecified atom stereocenters. The summed E-state index contributed by atoms with van der Waals surface area (Å²) >= 11 is 3.39. The zero-order valence-electron chi connectivity index (χ0n) is 6.46. The summed E-state index contributed by atoms with van der Waals surface area (Å²) in [6.07, 6.45) is 0.764. The van der Waals surface area contributed by atoms with Crippen molar-refractivity contribution in [1.82, 2.24) is 0 Å². The average Bonchev–Trinajstić information content (AvgIpc) is 2.46. The lowest BCUT2D eigenvalue weighted by Gasteiger charge is -2.04. The number of halogens is 1. The molecule has 1 atom stereocenters. The van der Waals surface area contributed by atoms with Crippen molar-refractivity contribution >= 4 is 15.9 Å². The fourth-order valence-electron chi connectivity index (χ4n) is 1.39. The predicted octanol–water partition coefficient (Wildman–Crippen LogP) is 1.74. The maximum atomic E-state index is 8.87. The second-order valence-corrected chi connectivity index (χ2v) is 3.79. The van der Waals surface area contributed by atoms with Gasteiger partial charge in [-0.05, 0) is 23.8 Å². The van der Waals surface area contributed by atoms with Crippen LogP contribution in [-0.4, -0.2) is 17.8 Å². The van der Waals surface area contributed by atoms with Crippen molar-refractivity contribution in [2.24, 2.45) is 0 Å². The second kappa shape index (κ2) is 3.07. The summed E-state index contributed by atoms with van der Waals surface area (Å²) in [5, 5.41) is 8.87. The van der Waals surface area contributed by atoms with Crippen molar-refractivity contribution in [2.75, 3.05) is 6.61 Å². The van der Waals surface area contributed by atoms with Gasteiger partial charge in [0.15, 0.2) is 0 Å². The molecular formula is C9H9BrO2. The molecule has 0 saturated heterocycles. The Balaban J connectivity index is 2.30. The molecule has 1 N–H and O–H groups in total. The third-order valence-corrected chi connectivity index (χ3v) is 2.46. The minimum Gasteiger partial charge on any atom is -0.487 e. The van der Waals surface area contributed by atoms with Gasteiger partial charge in [-0.1, -0.05) is 15.9 Å². The van der Waals surface area contributed by atoms with E-state index in [2.05, 4.69) is 15.9 Å². The summed E-state index contributed by atoms with van der Waals surface area (Å²) in [7, 11) is 0. The van der Waals surface area contributed by atoms with Crippen molar-refractivity contribution in [3.05, 3.63) is 28.2 Å². The van der Waals surface area contributed by atoms with E-state index in [1.807, 2.05) is 18.2 Å². The Kier molecular flexibility index (Phi) is 2.07. The maximum absolute atomic E-state index is 8.87. The maximum Gasteiger partial charge on any atom is 0.126 e. The van der Waals surface area contributed by atoms with Gasteiger partial charge in [-0.3, -0.25) is 0 Å². The Morgan fingerprint density at radius 2 is 2.42 bits per heavy atom. The van der Waals surface area contributed by atoms with Crippen LogP contribution in [0.4, 0.5) is 0 Å². The fraction of sp³-hybridized carbons (Fsp3) is 0.333. The van der Waals surface area contributed by atoms with E-state index in [0.29, 0.717) is 0 Å². The highest BCUT2D eigenvalue weighted by molar-refractivity contribution is 9.10. The van der Waals surface area contributed by atoms with E-state index in [1.54, 1.807) is 0 Å². The third kappa shape index (κ3) is 1.34. The van der Waals surface area contributed by atoms with Gasteiger partial charge in [-0.25, -0.2) is 0 Å². The van der Waals surface area contributed by atoms with E-state index < -0.39 is 0 Å². The lowest BCUT2D eigenvalue weighted by Crippen LogP contribution is -2.17. The SMILES string of the molecule is OC[C@H]1Cc2cc(Br)ccc2O1. The predicted molar refractivity (Wildman–Crippen MR) is 49.3 cm³/mol. The lowest BCUT2D eigenvalue weighted by atomic mass is 10.1. The number of fused-ring (bicyclic) bond motifs is 1. The van der Waals surface area contributed by atoms with Crippen LogP contribution in [0, 0.1) is 0 Å². The van der Waals surface area contributed by atoms with E-state index in [4.69, 9.17) is 9.84 Å². The number of aliphatic hydroxyl groups excluding tert-OH is 1. The molecular weight excluding hydrogens is 220 g/mol. The standard InChI is InChI=1S/C9H9BrO2/c10-7-1-2-9-6(3-7)4-8(5-11)12-9/h1-3,8,11H,4-5H2/t8-/m1/s1. The smallest absolute Gasteiger partial charge is 0.126 e. The zero-order chi connectivity index (χ0) is 8.55. The molecule has 0 aromatic heterocycles. The molecule has 1 aromatic carbocycles. The Morgan fingerprint density at radius 1 is 1.58 bits per heavy atom. The minimum atomic E-state index is -0.0469. The average molecular weight is 229 g/mol. The molecule has 0 radical (unpaired) electrons. The number of hydrogen-bond acceptors (Lipinski definition) is 2. The quantitative estimate of drug-likeness (QED) is 0.794. The van der Waals surface area contributed by atoms with Gasteiger partial charge in [-0.2, -0.15) is 0 Å². The highest BCUT2D eigenvalue weighted by Gasteiger charge is 2.21. The van der Waals surface area contributed by atoms with E-state index in [-0.39, 0.29) is 12.7 Å². The van der Waals surface area contributed by atoms with Gasteiger partial charge in [0.25, 0.3) is 0 Å². The summed E-state index contributed by atoms with van der Waals surface area (Å²) in [4.78, 5) is 0. The van der Waals surface area contributed by atoms with E-state index in [0.717, 1.165) is 16.6 Å². The van der Waals surface area contributed by atoms with Crippen molar-refractivity contribution < 1.29 is 9.84 Å². The number of hydrogen-bond donors (Lipinski definition) is 1. The fourth-order valence-corrected chi connectivity index (χ4v) is 1.80. The Labute approximate surface area is 79.3 Å². The molecule has 0 spiro atoms. The molecule has 0 amide bonds. The van der Waals surface area contributed by atoms with Gasteiger partial charge in [0.2, 0.25) is 0 Å². The Hall–Kier alpha value is -0.540. The second-order valence-electron chi connectivity index (χ2n) is 2.88. The Bertz CT molecular complexity index is 299. The number of ether oxygens (including phenoxy) is 1. The molecule has 1 aliphatic heterocycles. The van der Waals surface area contributed by atoms with Gasteiger partial charge in [0, 0.05) is 10.9 Å². The van der Waals surface area contributed by atoms with Gasteiger partial charge in [-0.15, -0.1) is 0 Å². The van der Waals surface area contributed by atoms with Crippen molar-refractivity contribution in [3.8, 4) is 5.75 Å². The molecule has 2 nitrogen and oxygen atoms in total. The van der Waals surface area contributed by atoms with Crippen LogP contribution in [0.2, 0.25) is 0 Å². The summed E-state index contributed by atoms with van der Waals surface area (Å²) in [5.41, 5.74) is 1.17. The molecule has 2 rings (SSSR count). The zero-order valence-corrected chi connectivity index (χ0v) is 8.04. The molecule has 1 aromatic rings. The van der Waals surface area contributed by atoms with Crippen LogP contribution in [-0.2, 0) is 6.42 Å². The first-order chi connectivity index (χ1) is 5.79. The normalized spacial score (nSPS) is 20.3. The molecule has 12 heavy (non-hydrogen) atoms. The molecule has 1 aliphatic rings. The van der Waals surface area contributed by atoms with Crippen molar-refractivity contribution in [2.45, 2.75) is 12.5 Å². The summed E-state index contributed by atoms with van der Waals surface area (Å²) in [6.45, 7) is 0.0896. The molecule has 0 fully saturated rings. The lowest BCUT2D eigenvalue weighted by molar-refractivity contribution is 0.134. The summed E-state index contributed by atoms with van der Waals surface area (Å²) in [6, 6.07) is 5.90. The molecule has 0 aliphatic carbocycles. The first kappa shape index (κ1) is 8.08. The number of rotatable bonds is 1. The van der Waals surface area contributed by atoms with Crippen LogP contribution >= 0.6 is 15.9 Å². The van der Waals surface area contributed by atoms with E-state index >= 15 is 0 Å². The van der Waals surface area contributed by atoms with Gasteiger partial charge < -0.3 is 9.84 Å². The number of aliphatic hydroxyl groups is 1. The number of benzene rings is 1. The minimum absolute atomic E-state index is 0.0469. The summed E-state index contributed by atoms with van der Waals surface area (Å²) in [5.74, 6) is 0.900. The third-order valence-electron chi connectivity index (χ3n) is 1.97. The van der Waals surface area contributed by atoms with Crippen LogP contribution in [0.3, 0.4) is 0 Å². The molecule has 0 bridgehead atoms. The highest BCUT2D eigenvalue weighted by atomic mass is 79.9. The Morgan fingerprint density at radius 3 is 3.17 bits per heavy atom. The van der Waals surface area contributed by atoms with Crippen molar-refractivity contribution in [1.29, 1.82) is 0 Å². The van der Waals surface area contributed by atoms with E-state index in [9.17, 15) is 0 Å². The van der Waals surface area contributed by atoms with E-state index in [1.165, 1.54) is 5.56 Å². The highest BCUT2D eigenvalue weighted by Crippen LogP contribution is 2.30. The van der Waals surface area contributed by atoms with Crippen LogP contribution in [0.15, 0.2) is 22.7 Å². The first-order valence-electron chi connectivity index (χ1n) is 3.85. The molecule has 1 heterocycles. The van der Waals surface area contributed by atoms with Crippen LogP contribution in [0.5, 0.6) is 5.75 Å². The largest absolute Gasteiger partial charge is 0.487 e. The first-order valence-corrected chi connectivity index (χ1v) is 4.65. The van der Waals surface area contributed by atoms with Crippen LogP contribution in [0.25, 0.3) is 0 Å². The molecule has 64 valence electrons. The van der Waals surface area contributed by atoms with Crippen LogP contribution < -0.4 is 4.74 Å². The van der Waals surface area contributed by atoms with Crippen molar-refractivity contribution in [3.63, 3.8) is 0 Å². The van der Waals surface area contributed by atoms with Crippen LogP contribution in [0.1, 0.15) is 5.56 Å².